The van der Waals surface area contributed by atoms with E-state index in [1.54, 1.807) is 13.0 Å². The summed E-state index contributed by atoms with van der Waals surface area (Å²) >= 11 is 3.17. The molecule has 1 rings (SSSR count). The van der Waals surface area contributed by atoms with Crippen LogP contribution in [-0.2, 0) is 5.33 Å². The van der Waals surface area contributed by atoms with Crippen molar-refractivity contribution >= 4 is 15.9 Å². The lowest BCUT2D eigenvalue weighted by atomic mass is 10.1. The van der Waals surface area contributed by atoms with Crippen LogP contribution in [0.25, 0.3) is 0 Å². The van der Waals surface area contributed by atoms with Gasteiger partial charge in [-0.3, -0.25) is 0 Å². The second-order valence-electron chi connectivity index (χ2n) is 2.74. The zero-order valence-electron chi connectivity index (χ0n) is 7.39. The Labute approximate surface area is 88.7 Å². The number of alkyl halides is 3. The second-order valence-corrected chi connectivity index (χ2v) is 3.30. The molecule has 0 saturated carbocycles. The summed E-state index contributed by atoms with van der Waals surface area (Å²) < 4.78 is 24.9. The Bertz CT molecular complexity index is 385. The van der Waals surface area contributed by atoms with Crippen LogP contribution < -0.4 is 0 Å². The maximum Gasteiger partial charge on any atom is 0.266 e. The van der Waals surface area contributed by atoms with E-state index in [1.165, 1.54) is 6.07 Å². The van der Waals surface area contributed by atoms with E-state index in [9.17, 15) is 8.78 Å². The van der Waals surface area contributed by atoms with E-state index in [1.807, 2.05) is 0 Å². The Morgan fingerprint density at radius 3 is 2.71 bits per heavy atom. The van der Waals surface area contributed by atoms with Crippen LogP contribution in [0.1, 0.15) is 28.9 Å². The van der Waals surface area contributed by atoms with E-state index in [4.69, 9.17) is 5.26 Å². The van der Waals surface area contributed by atoms with Gasteiger partial charge in [-0.2, -0.15) is 5.26 Å². The van der Waals surface area contributed by atoms with Gasteiger partial charge in [0.25, 0.3) is 6.43 Å². The van der Waals surface area contributed by atoms with E-state index in [-0.39, 0.29) is 11.3 Å². The Kier molecular flexibility index (Phi) is 3.53. The van der Waals surface area contributed by atoms with Gasteiger partial charge in [0.05, 0.1) is 11.3 Å². The van der Waals surface area contributed by atoms with Gasteiger partial charge in [0.2, 0.25) is 0 Å². The summed E-state index contributed by atoms with van der Waals surface area (Å²) in [6.45, 7) is 1.69. The van der Waals surface area contributed by atoms with Crippen LogP contribution in [0, 0.1) is 18.3 Å². The zero-order chi connectivity index (χ0) is 10.7. The first-order valence-corrected chi connectivity index (χ1v) is 4.97. The third kappa shape index (κ3) is 2.07. The van der Waals surface area contributed by atoms with Crippen molar-refractivity contribution in [3.63, 3.8) is 0 Å². The zero-order valence-corrected chi connectivity index (χ0v) is 8.98. The van der Waals surface area contributed by atoms with Crippen molar-refractivity contribution in [2.24, 2.45) is 0 Å². The van der Waals surface area contributed by atoms with Gasteiger partial charge in [-0.05, 0) is 18.6 Å². The molecular formula is C9H7BrF2N2. The number of aromatic nitrogens is 1. The molecule has 0 saturated heterocycles. The molecule has 1 aromatic rings. The first kappa shape index (κ1) is 11.1. The largest absolute Gasteiger partial charge is 0.266 e. The molecule has 0 aromatic carbocycles. The van der Waals surface area contributed by atoms with Gasteiger partial charge in [-0.25, -0.2) is 13.8 Å². The molecule has 0 aliphatic carbocycles. The van der Waals surface area contributed by atoms with E-state index in [0.717, 1.165) is 0 Å². The molecule has 1 heterocycles. The average Bonchev–Trinajstić information content (AvgIpc) is 2.17. The molecule has 74 valence electrons. The van der Waals surface area contributed by atoms with Gasteiger partial charge >= 0.3 is 0 Å². The van der Waals surface area contributed by atoms with Crippen LogP contribution in [-0.4, -0.2) is 4.98 Å². The van der Waals surface area contributed by atoms with Crippen LogP contribution in [0.3, 0.4) is 0 Å². The predicted molar refractivity (Wildman–Crippen MR) is 51.3 cm³/mol. The molecule has 0 aliphatic heterocycles. The number of hydrogen-bond donors (Lipinski definition) is 0. The van der Waals surface area contributed by atoms with Crippen molar-refractivity contribution in [2.75, 3.05) is 0 Å². The Morgan fingerprint density at radius 1 is 1.64 bits per heavy atom. The average molecular weight is 261 g/mol. The molecule has 0 atom stereocenters. The topological polar surface area (TPSA) is 36.7 Å². The minimum Gasteiger partial charge on any atom is -0.240 e. The normalized spacial score (nSPS) is 10.3. The van der Waals surface area contributed by atoms with Gasteiger partial charge in [-0.1, -0.05) is 15.9 Å². The molecular weight excluding hydrogens is 254 g/mol. The van der Waals surface area contributed by atoms with E-state index < -0.39 is 6.43 Å². The molecule has 0 spiro atoms. The number of aryl methyl sites for hydroxylation is 1. The molecule has 1 aromatic heterocycles. The van der Waals surface area contributed by atoms with Crippen LogP contribution in [0.5, 0.6) is 0 Å². The number of rotatable bonds is 2. The lowest BCUT2D eigenvalue weighted by Gasteiger charge is -2.06. The van der Waals surface area contributed by atoms with Crippen molar-refractivity contribution in [3.8, 4) is 6.07 Å². The quantitative estimate of drug-likeness (QED) is 0.767. The van der Waals surface area contributed by atoms with Crippen molar-refractivity contribution in [3.05, 3.63) is 28.6 Å². The number of nitriles is 1. The number of pyridine rings is 1. The first-order chi connectivity index (χ1) is 6.60. The molecule has 0 N–H and O–H groups in total. The molecule has 0 amide bonds. The standard InChI is InChI=1S/C9H7BrF2N2/c1-5-2-6(9(11)12)8(4-13)14-7(5)3-10/h2,9H,3H2,1H3. The predicted octanol–water partition coefficient (Wildman–Crippen LogP) is 3.09. The highest BCUT2D eigenvalue weighted by atomic mass is 79.9. The fourth-order valence-electron chi connectivity index (χ4n) is 1.06. The molecule has 0 unspecified atom stereocenters. The minimum absolute atomic E-state index is 0.194. The summed E-state index contributed by atoms with van der Waals surface area (Å²) in [4.78, 5) is 3.84. The van der Waals surface area contributed by atoms with Gasteiger partial charge < -0.3 is 0 Å². The summed E-state index contributed by atoms with van der Waals surface area (Å²) in [6, 6.07) is 2.98. The maximum absolute atomic E-state index is 12.4. The van der Waals surface area contributed by atoms with Crippen LogP contribution in [0.4, 0.5) is 8.78 Å². The van der Waals surface area contributed by atoms with Gasteiger partial charge in [-0.15, -0.1) is 0 Å². The fourth-order valence-corrected chi connectivity index (χ4v) is 1.63. The van der Waals surface area contributed by atoms with Crippen molar-refractivity contribution in [2.45, 2.75) is 18.7 Å². The molecule has 2 nitrogen and oxygen atoms in total. The summed E-state index contributed by atoms with van der Waals surface area (Å²) in [6.07, 6.45) is -2.65. The third-order valence-electron chi connectivity index (χ3n) is 1.81. The van der Waals surface area contributed by atoms with Crippen molar-refractivity contribution < 1.29 is 8.78 Å². The van der Waals surface area contributed by atoms with E-state index >= 15 is 0 Å². The maximum atomic E-state index is 12.4. The Morgan fingerprint density at radius 2 is 2.29 bits per heavy atom. The summed E-state index contributed by atoms with van der Waals surface area (Å²) in [7, 11) is 0. The fraction of sp³-hybridized carbons (Fsp3) is 0.333. The highest BCUT2D eigenvalue weighted by molar-refractivity contribution is 9.08. The van der Waals surface area contributed by atoms with Crippen molar-refractivity contribution in [1.82, 2.24) is 4.98 Å². The SMILES string of the molecule is Cc1cc(C(F)F)c(C#N)nc1CBr. The van der Waals surface area contributed by atoms with Crippen LogP contribution >= 0.6 is 15.9 Å². The van der Waals surface area contributed by atoms with Crippen molar-refractivity contribution in [1.29, 1.82) is 5.26 Å². The number of hydrogen-bond acceptors (Lipinski definition) is 2. The Hall–Kier alpha value is -1.02. The number of nitrogens with zero attached hydrogens (tertiary/aromatic N) is 2. The minimum atomic E-state index is -2.65. The molecule has 0 radical (unpaired) electrons. The van der Waals surface area contributed by atoms with E-state index in [0.29, 0.717) is 16.6 Å². The molecule has 0 fully saturated rings. The second kappa shape index (κ2) is 4.47. The monoisotopic (exact) mass is 260 g/mol. The summed E-state index contributed by atoms with van der Waals surface area (Å²) in [5.74, 6) is 0. The number of halogens is 3. The molecule has 0 bridgehead atoms. The van der Waals surface area contributed by atoms with Gasteiger partial charge in [0.1, 0.15) is 11.8 Å². The van der Waals surface area contributed by atoms with Gasteiger partial charge in [0, 0.05) is 5.33 Å². The van der Waals surface area contributed by atoms with Gasteiger partial charge in [0.15, 0.2) is 0 Å². The molecule has 14 heavy (non-hydrogen) atoms. The highest BCUT2D eigenvalue weighted by Crippen LogP contribution is 2.24. The Balaban J connectivity index is 3.33. The lowest BCUT2D eigenvalue weighted by Crippen LogP contribution is -2.00. The van der Waals surface area contributed by atoms with Crippen LogP contribution in [0.15, 0.2) is 6.07 Å². The summed E-state index contributed by atoms with van der Waals surface area (Å²) in [5, 5.41) is 9.07. The lowest BCUT2D eigenvalue weighted by molar-refractivity contribution is 0.150. The molecule has 0 aliphatic rings. The molecule has 5 heteroatoms. The highest BCUT2D eigenvalue weighted by Gasteiger charge is 2.16. The summed E-state index contributed by atoms with van der Waals surface area (Å²) in [5.41, 5.74) is 0.789. The van der Waals surface area contributed by atoms with E-state index in [2.05, 4.69) is 20.9 Å². The smallest absolute Gasteiger partial charge is 0.240 e. The van der Waals surface area contributed by atoms with Crippen LogP contribution in [0.2, 0.25) is 0 Å². The first-order valence-electron chi connectivity index (χ1n) is 3.84. The third-order valence-corrected chi connectivity index (χ3v) is 2.35.